The highest BCUT2D eigenvalue weighted by Crippen LogP contribution is 2.11. The predicted octanol–water partition coefficient (Wildman–Crippen LogP) is 1.32. The smallest absolute Gasteiger partial charge is 0.231 e. The topological polar surface area (TPSA) is 93.2 Å². The maximum Gasteiger partial charge on any atom is 0.231 e. The summed E-state index contributed by atoms with van der Waals surface area (Å²) in [7, 11) is 0. The molecule has 0 spiro atoms. The van der Waals surface area contributed by atoms with E-state index in [-0.39, 0.29) is 0 Å². The third-order valence-corrected chi connectivity index (χ3v) is 2.28. The van der Waals surface area contributed by atoms with Gasteiger partial charge in [0.15, 0.2) is 0 Å². The molecule has 0 saturated heterocycles. The second-order valence-corrected chi connectivity index (χ2v) is 3.75. The van der Waals surface area contributed by atoms with E-state index in [2.05, 4.69) is 53.3 Å². The van der Waals surface area contributed by atoms with Crippen LogP contribution in [-0.2, 0) is 9.32 Å². The fraction of sp³-hybridized carbons (Fsp3) is 0.182. The highest BCUT2D eigenvalue weighted by Gasteiger charge is 2.00. The molecule has 20 heavy (non-hydrogen) atoms. The highest BCUT2D eigenvalue weighted by molar-refractivity contribution is 7.74. The first kappa shape index (κ1) is 14.5. The Hall–Kier alpha value is -1.94. The number of hydrogen-bond acceptors (Lipinski definition) is 9. The zero-order chi connectivity index (χ0) is 14.0. The average molecular weight is 294 g/mol. The van der Waals surface area contributed by atoms with Crippen molar-refractivity contribution in [1.29, 1.82) is 0 Å². The summed E-state index contributed by atoms with van der Waals surface area (Å²) in [6.07, 6.45) is 1.43. The molecule has 0 saturated carbocycles. The number of nitrogens with zero attached hydrogens (tertiary/aromatic N) is 3. The number of anilines is 3. The number of nitrogens with one attached hydrogen (secondary N) is 3. The summed E-state index contributed by atoms with van der Waals surface area (Å²) in [5.41, 5.74) is 3.42. The van der Waals surface area contributed by atoms with Crippen molar-refractivity contribution in [2.45, 2.75) is 0 Å². The van der Waals surface area contributed by atoms with E-state index >= 15 is 0 Å². The maximum atomic E-state index is 4.38. The summed E-state index contributed by atoms with van der Waals surface area (Å²) in [5.74, 6) is 0.934. The molecule has 2 aromatic rings. The lowest BCUT2D eigenvalue weighted by Crippen LogP contribution is -2.22. The molecule has 0 aliphatic heterocycles. The van der Waals surface area contributed by atoms with Crippen molar-refractivity contribution in [3.63, 3.8) is 0 Å². The first-order chi connectivity index (χ1) is 9.88. The van der Waals surface area contributed by atoms with Crippen molar-refractivity contribution >= 4 is 30.5 Å². The largest absolute Gasteiger partial charge is 0.353 e. The van der Waals surface area contributed by atoms with Crippen molar-refractivity contribution in [3.05, 3.63) is 36.7 Å². The summed E-state index contributed by atoms with van der Waals surface area (Å²) >= 11 is 3.41. The minimum Gasteiger partial charge on any atom is -0.353 e. The van der Waals surface area contributed by atoms with E-state index in [1.54, 1.807) is 0 Å². The van der Waals surface area contributed by atoms with Gasteiger partial charge in [0.25, 0.3) is 0 Å². The SMILES string of the molecule is SOONCCNc1ncnc(Nc2ccccc2)n1. The summed E-state index contributed by atoms with van der Waals surface area (Å²) < 4.78 is 4.08. The molecule has 1 aromatic carbocycles. The Labute approximate surface area is 121 Å². The molecule has 0 aliphatic rings. The lowest BCUT2D eigenvalue weighted by Gasteiger charge is -2.07. The molecule has 9 heteroatoms. The highest BCUT2D eigenvalue weighted by atomic mass is 32.1. The molecule has 1 heterocycles. The summed E-state index contributed by atoms with van der Waals surface area (Å²) in [4.78, 5) is 16.7. The Balaban J connectivity index is 1.84. The van der Waals surface area contributed by atoms with Crippen LogP contribution in [-0.4, -0.2) is 28.0 Å². The Bertz CT molecular complexity index is 515. The van der Waals surface area contributed by atoms with Gasteiger partial charge in [0.1, 0.15) is 6.33 Å². The van der Waals surface area contributed by atoms with E-state index in [0.717, 1.165) is 5.69 Å². The third-order valence-electron chi connectivity index (χ3n) is 2.21. The standard InChI is InChI=1S/C11H14N6O2S/c20-19-18-15-7-6-12-10-13-8-14-11(17-10)16-9-4-2-1-3-5-9/h1-5,8,15,20H,6-7H2,(H2,12,13,14,16,17). The van der Waals surface area contributed by atoms with E-state index < -0.39 is 0 Å². The van der Waals surface area contributed by atoms with Crippen molar-refractivity contribution < 1.29 is 9.32 Å². The van der Waals surface area contributed by atoms with Crippen LogP contribution in [0.3, 0.4) is 0 Å². The Morgan fingerprint density at radius 1 is 1.05 bits per heavy atom. The van der Waals surface area contributed by atoms with Gasteiger partial charge in [0.2, 0.25) is 11.9 Å². The monoisotopic (exact) mass is 294 g/mol. The van der Waals surface area contributed by atoms with Crippen LogP contribution in [0.25, 0.3) is 0 Å². The molecule has 8 nitrogen and oxygen atoms in total. The Morgan fingerprint density at radius 3 is 2.65 bits per heavy atom. The minimum atomic E-state index is 0.465. The number of thiol groups is 1. The van der Waals surface area contributed by atoms with Crippen LogP contribution in [0.15, 0.2) is 36.7 Å². The van der Waals surface area contributed by atoms with Crippen molar-refractivity contribution in [3.8, 4) is 0 Å². The van der Waals surface area contributed by atoms with Gasteiger partial charge in [-0.3, -0.25) is 0 Å². The van der Waals surface area contributed by atoms with E-state index in [0.29, 0.717) is 25.0 Å². The predicted molar refractivity (Wildman–Crippen MR) is 77.2 cm³/mol. The van der Waals surface area contributed by atoms with Gasteiger partial charge >= 0.3 is 0 Å². The fourth-order valence-electron chi connectivity index (χ4n) is 1.39. The number of hydrogen-bond donors (Lipinski definition) is 4. The average Bonchev–Trinajstić information content (AvgIpc) is 2.48. The minimum absolute atomic E-state index is 0.465. The van der Waals surface area contributed by atoms with E-state index in [9.17, 15) is 0 Å². The number of benzene rings is 1. The Morgan fingerprint density at radius 2 is 1.85 bits per heavy atom. The molecular formula is C11H14N6O2S. The normalized spacial score (nSPS) is 10.2. The van der Waals surface area contributed by atoms with Gasteiger partial charge in [-0.05, 0) is 12.1 Å². The van der Waals surface area contributed by atoms with Gasteiger partial charge < -0.3 is 10.6 Å². The summed E-state index contributed by atoms with van der Waals surface area (Å²) in [6, 6.07) is 9.65. The number of hydroxylamine groups is 1. The molecule has 0 amide bonds. The van der Waals surface area contributed by atoms with Crippen molar-refractivity contribution in [1.82, 2.24) is 20.4 Å². The lowest BCUT2D eigenvalue weighted by molar-refractivity contribution is -0.241. The van der Waals surface area contributed by atoms with Crippen LogP contribution in [0, 0.1) is 0 Å². The van der Waals surface area contributed by atoms with E-state index in [1.165, 1.54) is 6.33 Å². The quantitative estimate of drug-likeness (QED) is 0.190. The molecule has 0 atom stereocenters. The molecule has 2 rings (SSSR count). The number of para-hydroxylation sites is 1. The van der Waals surface area contributed by atoms with Gasteiger partial charge in [-0.2, -0.15) is 10.5 Å². The second-order valence-electron chi connectivity index (χ2n) is 3.60. The molecule has 106 valence electrons. The first-order valence-electron chi connectivity index (χ1n) is 5.83. The molecule has 0 bridgehead atoms. The molecule has 0 fully saturated rings. The molecule has 0 aliphatic carbocycles. The van der Waals surface area contributed by atoms with Crippen molar-refractivity contribution in [2.75, 3.05) is 23.7 Å². The van der Waals surface area contributed by atoms with Gasteiger partial charge in [-0.1, -0.05) is 18.2 Å². The molecule has 0 radical (unpaired) electrons. The zero-order valence-electron chi connectivity index (χ0n) is 10.5. The van der Waals surface area contributed by atoms with Gasteiger partial charge in [-0.15, -0.1) is 9.32 Å². The van der Waals surface area contributed by atoms with E-state index in [4.69, 9.17) is 0 Å². The zero-order valence-corrected chi connectivity index (χ0v) is 11.4. The fourth-order valence-corrected chi connectivity index (χ4v) is 1.44. The Kier molecular flexibility index (Phi) is 5.99. The molecule has 3 N–H and O–H groups in total. The van der Waals surface area contributed by atoms with Gasteiger partial charge in [0.05, 0.1) is 0 Å². The van der Waals surface area contributed by atoms with Gasteiger partial charge in [0, 0.05) is 31.7 Å². The lowest BCUT2D eigenvalue weighted by atomic mass is 10.3. The first-order valence-corrected chi connectivity index (χ1v) is 6.20. The summed E-state index contributed by atoms with van der Waals surface area (Å²) in [6.45, 7) is 1.04. The second kappa shape index (κ2) is 8.27. The molecule has 0 unspecified atom stereocenters. The third kappa shape index (κ3) is 4.97. The van der Waals surface area contributed by atoms with Crippen LogP contribution in [0.5, 0.6) is 0 Å². The number of rotatable bonds is 8. The molecular weight excluding hydrogens is 280 g/mol. The van der Waals surface area contributed by atoms with Crippen molar-refractivity contribution in [2.24, 2.45) is 0 Å². The van der Waals surface area contributed by atoms with E-state index in [1.807, 2.05) is 30.3 Å². The summed E-state index contributed by atoms with van der Waals surface area (Å²) in [5, 5.41) is 6.09. The van der Waals surface area contributed by atoms with Gasteiger partial charge in [-0.25, -0.2) is 9.97 Å². The van der Waals surface area contributed by atoms with Crippen LogP contribution >= 0.6 is 12.9 Å². The molecule has 1 aromatic heterocycles. The van der Waals surface area contributed by atoms with Crippen LogP contribution in [0.2, 0.25) is 0 Å². The van der Waals surface area contributed by atoms with Crippen LogP contribution in [0.4, 0.5) is 17.6 Å². The number of aromatic nitrogens is 3. The van der Waals surface area contributed by atoms with Crippen LogP contribution < -0.4 is 16.1 Å². The maximum absolute atomic E-state index is 4.38. The van der Waals surface area contributed by atoms with Crippen LogP contribution in [0.1, 0.15) is 0 Å².